The molecular formula is C25H28F2N2O3. The number of nitrogens with zero attached hydrogens (tertiary/aromatic N) is 2. The minimum absolute atomic E-state index is 0.0147. The monoisotopic (exact) mass is 442 g/mol. The minimum atomic E-state index is -1.12. The average Bonchev–Trinajstić information content (AvgIpc) is 3.02. The third-order valence-corrected chi connectivity index (χ3v) is 5.62. The molecule has 0 bridgehead atoms. The Morgan fingerprint density at radius 3 is 2.22 bits per heavy atom. The van der Waals surface area contributed by atoms with E-state index in [9.17, 15) is 23.5 Å². The van der Waals surface area contributed by atoms with Gasteiger partial charge in [-0.25, -0.2) is 8.78 Å². The minimum Gasteiger partial charge on any atom is -0.503 e. The van der Waals surface area contributed by atoms with Gasteiger partial charge in [0.2, 0.25) is 0 Å². The van der Waals surface area contributed by atoms with E-state index in [0.717, 1.165) is 35.8 Å². The fourth-order valence-corrected chi connectivity index (χ4v) is 4.04. The lowest BCUT2D eigenvalue weighted by atomic mass is 9.92. The molecule has 1 atom stereocenters. The number of aliphatic hydroxyl groups excluding tert-OH is 1. The number of rotatable bonds is 8. The molecule has 1 unspecified atom stereocenters. The predicted molar refractivity (Wildman–Crippen MR) is 121 cm³/mol. The van der Waals surface area contributed by atoms with Gasteiger partial charge in [0.25, 0.3) is 5.91 Å². The molecule has 2 aromatic carbocycles. The normalized spacial score (nSPS) is 16.3. The zero-order chi connectivity index (χ0) is 23.6. The van der Waals surface area contributed by atoms with Gasteiger partial charge < -0.3 is 10.0 Å². The summed E-state index contributed by atoms with van der Waals surface area (Å²) in [6.07, 6.45) is 0.145. The fourth-order valence-electron chi connectivity index (χ4n) is 4.04. The number of carbonyl (C=O) groups is 2. The molecule has 0 aromatic heterocycles. The van der Waals surface area contributed by atoms with Gasteiger partial charge in [-0.15, -0.1) is 0 Å². The van der Waals surface area contributed by atoms with Crippen LogP contribution in [0.4, 0.5) is 20.2 Å². The molecule has 32 heavy (non-hydrogen) atoms. The van der Waals surface area contributed by atoms with E-state index in [-0.39, 0.29) is 29.4 Å². The van der Waals surface area contributed by atoms with E-state index in [0.29, 0.717) is 5.56 Å². The van der Waals surface area contributed by atoms with Crippen LogP contribution in [0.2, 0.25) is 0 Å². The molecule has 0 fully saturated rings. The van der Waals surface area contributed by atoms with Crippen molar-refractivity contribution in [3.05, 3.63) is 71.0 Å². The Kier molecular flexibility index (Phi) is 6.96. The number of carbonyl (C=O) groups excluding carboxylic acids is 2. The summed E-state index contributed by atoms with van der Waals surface area (Å²) in [6, 6.07) is 9.49. The van der Waals surface area contributed by atoms with E-state index >= 15 is 0 Å². The van der Waals surface area contributed by atoms with Crippen LogP contribution in [-0.4, -0.2) is 29.9 Å². The van der Waals surface area contributed by atoms with E-state index in [2.05, 4.69) is 4.90 Å². The SMILES string of the molecule is CCN(CC)c1ccc(C2C(C(=O)CC(C)C)=C(O)C(=O)N2c2ccc(F)c(F)c2)cc1. The van der Waals surface area contributed by atoms with Gasteiger partial charge in [-0.1, -0.05) is 26.0 Å². The van der Waals surface area contributed by atoms with E-state index in [1.165, 1.54) is 6.07 Å². The zero-order valence-electron chi connectivity index (χ0n) is 18.7. The highest BCUT2D eigenvalue weighted by Crippen LogP contribution is 2.42. The number of hydrogen-bond acceptors (Lipinski definition) is 4. The number of aliphatic hydroxyl groups is 1. The zero-order valence-corrected chi connectivity index (χ0v) is 18.7. The van der Waals surface area contributed by atoms with E-state index < -0.39 is 29.3 Å². The quantitative estimate of drug-likeness (QED) is 0.601. The highest BCUT2D eigenvalue weighted by atomic mass is 19.2. The van der Waals surface area contributed by atoms with Gasteiger partial charge in [-0.3, -0.25) is 14.5 Å². The van der Waals surface area contributed by atoms with Crippen LogP contribution in [0.1, 0.15) is 45.7 Å². The third kappa shape index (κ3) is 4.38. The van der Waals surface area contributed by atoms with Gasteiger partial charge in [-0.2, -0.15) is 0 Å². The molecule has 1 aliphatic rings. The average molecular weight is 443 g/mol. The van der Waals surface area contributed by atoms with Crippen LogP contribution in [0.15, 0.2) is 53.8 Å². The van der Waals surface area contributed by atoms with Crippen LogP contribution in [0.25, 0.3) is 0 Å². The number of halogens is 2. The molecule has 170 valence electrons. The molecule has 1 aliphatic heterocycles. The summed E-state index contributed by atoms with van der Waals surface area (Å²) in [6.45, 7) is 9.46. The summed E-state index contributed by atoms with van der Waals surface area (Å²) in [7, 11) is 0. The molecule has 7 heteroatoms. The van der Waals surface area contributed by atoms with Crippen molar-refractivity contribution in [2.24, 2.45) is 5.92 Å². The number of Topliss-reactive ketones (excluding diaryl/α,β-unsaturated/α-hetero) is 1. The Balaban J connectivity index is 2.12. The van der Waals surface area contributed by atoms with Crippen molar-refractivity contribution in [2.45, 2.75) is 40.2 Å². The summed E-state index contributed by atoms with van der Waals surface area (Å²) in [4.78, 5) is 29.3. The van der Waals surface area contributed by atoms with Crippen molar-refractivity contribution in [1.29, 1.82) is 0 Å². The van der Waals surface area contributed by atoms with Crippen LogP contribution in [0.5, 0.6) is 0 Å². The Morgan fingerprint density at radius 1 is 1.06 bits per heavy atom. The molecule has 3 rings (SSSR count). The van der Waals surface area contributed by atoms with E-state index in [1.54, 1.807) is 12.1 Å². The first kappa shape index (κ1) is 23.4. The van der Waals surface area contributed by atoms with Gasteiger partial charge >= 0.3 is 0 Å². The first-order valence-electron chi connectivity index (χ1n) is 10.8. The molecule has 0 saturated carbocycles. The molecular weight excluding hydrogens is 414 g/mol. The molecule has 5 nitrogen and oxygen atoms in total. The van der Waals surface area contributed by atoms with Crippen LogP contribution in [0.3, 0.4) is 0 Å². The number of benzene rings is 2. The number of amides is 1. The van der Waals surface area contributed by atoms with Gasteiger partial charge in [0.15, 0.2) is 23.2 Å². The second-order valence-corrected chi connectivity index (χ2v) is 8.22. The molecule has 0 radical (unpaired) electrons. The molecule has 2 aromatic rings. The Bertz CT molecular complexity index is 1040. The maximum atomic E-state index is 14.0. The molecule has 0 saturated heterocycles. The van der Waals surface area contributed by atoms with Crippen LogP contribution in [0, 0.1) is 17.6 Å². The smallest absolute Gasteiger partial charge is 0.294 e. The highest BCUT2D eigenvalue weighted by molar-refractivity contribution is 6.16. The van der Waals surface area contributed by atoms with Gasteiger partial charge in [0.05, 0.1) is 11.6 Å². The van der Waals surface area contributed by atoms with Crippen molar-refractivity contribution >= 4 is 23.1 Å². The first-order chi connectivity index (χ1) is 15.2. The number of ketones is 1. The lowest BCUT2D eigenvalue weighted by molar-refractivity contribution is -0.118. The first-order valence-corrected chi connectivity index (χ1v) is 10.8. The maximum absolute atomic E-state index is 14.0. The summed E-state index contributed by atoms with van der Waals surface area (Å²) in [5.41, 5.74) is 1.61. The lowest BCUT2D eigenvalue weighted by Gasteiger charge is -2.28. The summed E-state index contributed by atoms with van der Waals surface area (Å²) < 4.78 is 27.5. The van der Waals surface area contributed by atoms with E-state index in [1.807, 2.05) is 39.8 Å². The third-order valence-electron chi connectivity index (χ3n) is 5.62. The molecule has 1 heterocycles. The maximum Gasteiger partial charge on any atom is 0.294 e. The lowest BCUT2D eigenvalue weighted by Crippen LogP contribution is -2.31. The van der Waals surface area contributed by atoms with Crippen LogP contribution >= 0.6 is 0 Å². The van der Waals surface area contributed by atoms with Crippen molar-refractivity contribution in [3.63, 3.8) is 0 Å². The molecule has 1 amide bonds. The Labute approximate surface area is 187 Å². The molecule has 0 spiro atoms. The Hall–Kier alpha value is -3.22. The fraction of sp³-hybridized carbons (Fsp3) is 0.360. The van der Waals surface area contributed by atoms with E-state index in [4.69, 9.17) is 0 Å². The summed E-state index contributed by atoms with van der Waals surface area (Å²) in [5.74, 6) is -3.98. The van der Waals surface area contributed by atoms with Gasteiger partial charge in [0, 0.05) is 37.0 Å². The molecule has 1 N–H and O–H groups in total. The van der Waals surface area contributed by atoms with Crippen molar-refractivity contribution in [2.75, 3.05) is 22.9 Å². The number of hydrogen-bond donors (Lipinski definition) is 1. The second kappa shape index (κ2) is 9.51. The van der Waals surface area contributed by atoms with Crippen LogP contribution < -0.4 is 9.80 Å². The second-order valence-electron chi connectivity index (χ2n) is 8.22. The predicted octanol–water partition coefficient (Wildman–Crippen LogP) is 5.33. The largest absolute Gasteiger partial charge is 0.503 e. The Morgan fingerprint density at radius 2 is 1.69 bits per heavy atom. The summed E-state index contributed by atoms with van der Waals surface area (Å²) >= 11 is 0. The van der Waals surface area contributed by atoms with Gasteiger partial charge in [0.1, 0.15) is 0 Å². The van der Waals surface area contributed by atoms with Crippen LogP contribution in [-0.2, 0) is 9.59 Å². The van der Waals surface area contributed by atoms with Crippen molar-refractivity contribution in [3.8, 4) is 0 Å². The van der Waals surface area contributed by atoms with Crippen molar-refractivity contribution < 1.29 is 23.5 Å². The summed E-state index contributed by atoms with van der Waals surface area (Å²) in [5, 5.41) is 10.6. The van der Waals surface area contributed by atoms with Crippen molar-refractivity contribution in [1.82, 2.24) is 0 Å². The number of anilines is 2. The highest BCUT2D eigenvalue weighted by Gasteiger charge is 2.44. The topological polar surface area (TPSA) is 60.9 Å². The van der Waals surface area contributed by atoms with Gasteiger partial charge in [-0.05, 0) is 49.6 Å². The standard InChI is InChI=1S/C25H28F2N2O3/c1-5-28(6-2)17-9-7-16(8-10-17)23-22(21(30)13-15(3)4)24(31)25(32)29(23)18-11-12-19(26)20(27)14-18/h7-12,14-15,23,31H,5-6,13H2,1-4H3. The molecule has 0 aliphatic carbocycles.